The average Bonchev–Trinajstić information content (AvgIpc) is 2.28. The Balaban J connectivity index is 3.27. The van der Waals surface area contributed by atoms with Crippen molar-refractivity contribution in [1.29, 1.82) is 5.26 Å². The van der Waals surface area contributed by atoms with Crippen molar-refractivity contribution in [2.24, 2.45) is 5.73 Å². The number of nitriles is 1. The number of rotatable bonds is 3. The van der Waals surface area contributed by atoms with Crippen molar-refractivity contribution in [3.63, 3.8) is 0 Å². The Bertz CT molecular complexity index is 459. The summed E-state index contributed by atoms with van der Waals surface area (Å²) in [6.07, 6.45) is 1.51. The van der Waals surface area contributed by atoms with Crippen molar-refractivity contribution in [2.75, 3.05) is 0 Å². The molecule has 1 aromatic carbocycles. The average molecular weight is 255 g/mol. The second-order valence-corrected chi connectivity index (χ2v) is 4.22. The van der Waals surface area contributed by atoms with Crippen molar-refractivity contribution in [1.82, 2.24) is 0 Å². The highest BCUT2D eigenvalue weighted by Crippen LogP contribution is 2.27. The maximum Gasteiger partial charge on any atom is 0.0968 e. The van der Waals surface area contributed by atoms with Crippen LogP contribution in [-0.2, 0) is 0 Å². The van der Waals surface area contributed by atoms with Gasteiger partial charge in [0.1, 0.15) is 0 Å². The van der Waals surface area contributed by atoms with Gasteiger partial charge in [0.2, 0.25) is 0 Å². The van der Waals surface area contributed by atoms with Crippen LogP contribution in [0.1, 0.15) is 25.3 Å². The number of benzene rings is 1. The molecule has 0 saturated carbocycles. The van der Waals surface area contributed by atoms with E-state index in [-0.39, 0.29) is 0 Å². The summed E-state index contributed by atoms with van der Waals surface area (Å²) in [7, 11) is 0. The predicted molar refractivity (Wildman–Crippen MR) is 68.1 cm³/mol. The fourth-order valence-corrected chi connectivity index (χ4v) is 1.76. The topological polar surface area (TPSA) is 49.8 Å². The molecule has 1 rings (SSSR count). The van der Waals surface area contributed by atoms with Crippen LogP contribution in [0.5, 0.6) is 0 Å². The fourth-order valence-electron chi connectivity index (χ4n) is 1.37. The molecule has 0 bridgehead atoms. The highest BCUT2D eigenvalue weighted by molar-refractivity contribution is 6.34. The maximum atomic E-state index is 8.99. The quantitative estimate of drug-likeness (QED) is 0.830. The largest absolute Gasteiger partial charge is 0.397 e. The summed E-state index contributed by atoms with van der Waals surface area (Å²) in [6, 6.07) is 7.13. The van der Waals surface area contributed by atoms with E-state index in [9.17, 15) is 0 Å². The minimum Gasteiger partial charge on any atom is -0.397 e. The van der Waals surface area contributed by atoms with Gasteiger partial charge >= 0.3 is 0 Å². The molecule has 0 radical (unpaired) electrons. The summed E-state index contributed by atoms with van der Waals surface area (Å²) < 4.78 is 0. The number of nitrogens with two attached hydrogens (primary N) is 1. The molecule has 1 aromatic rings. The SMILES string of the molecule is CCC/C(C#N)=C(/N)c1cc(Cl)ccc1Cl. The first-order valence-corrected chi connectivity index (χ1v) is 5.69. The lowest BCUT2D eigenvalue weighted by molar-refractivity contribution is 0.929. The lowest BCUT2D eigenvalue weighted by Crippen LogP contribution is -2.01. The molecule has 84 valence electrons. The van der Waals surface area contributed by atoms with Gasteiger partial charge in [-0.15, -0.1) is 0 Å². The Morgan fingerprint density at radius 1 is 1.44 bits per heavy atom. The summed E-state index contributed by atoms with van der Waals surface area (Å²) in [5, 5.41) is 10.0. The van der Waals surface area contributed by atoms with Gasteiger partial charge < -0.3 is 5.73 Å². The van der Waals surface area contributed by atoms with Gasteiger partial charge in [-0.3, -0.25) is 0 Å². The molecule has 0 amide bonds. The van der Waals surface area contributed by atoms with Gasteiger partial charge in [0, 0.05) is 15.6 Å². The number of hydrogen-bond acceptors (Lipinski definition) is 2. The van der Waals surface area contributed by atoms with Gasteiger partial charge in [-0.25, -0.2) is 0 Å². The second-order valence-electron chi connectivity index (χ2n) is 3.38. The van der Waals surface area contributed by atoms with Gasteiger partial charge in [-0.2, -0.15) is 5.26 Å². The van der Waals surface area contributed by atoms with Crippen LogP contribution in [0.15, 0.2) is 23.8 Å². The molecule has 16 heavy (non-hydrogen) atoms. The normalized spacial score (nSPS) is 11.9. The Kier molecular flexibility index (Phi) is 4.67. The van der Waals surface area contributed by atoms with Crippen LogP contribution in [0.2, 0.25) is 10.0 Å². The maximum absolute atomic E-state index is 8.99. The molecule has 0 heterocycles. The zero-order chi connectivity index (χ0) is 12.1. The number of allylic oxidation sites excluding steroid dienone is 1. The van der Waals surface area contributed by atoms with E-state index in [2.05, 4.69) is 6.07 Å². The monoisotopic (exact) mass is 254 g/mol. The van der Waals surface area contributed by atoms with E-state index in [0.29, 0.717) is 33.3 Å². The van der Waals surface area contributed by atoms with Crippen LogP contribution in [0.3, 0.4) is 0 Å². The molecule has 0 saturated heterocycles. The first kappa shape index (κ1) is 12.9. The molecule has 2 N–H and O–H groups in total. The van der Waals surface area contributed by atoms with Crippen molar-refractivity contribution in [3.8, 4) is 6.07 Å². The van der Waals surface area contributed by atoms with E-state index in [1.54, 1.807) is 18.2 Å². The summed E-state index contributed by atoms with van der Waals surface area (Å²) in [4.78, 5) is 0. The number of halogens is 2. The highest BCUT2D eigenvalue weighted by atomic mass is 35.5. The minimum atomic E-state index is 0.414. The number of hydrogen-bond donors (Lipinski definition) is 1. The third-order valence-electron chi connectivity index (χ3n) is 2.18. The van der Waals surface area contributed by atoms with E-state index < -0.39 is 0 Å². The Labute approximate surface area is 105 Å². The van der Waals surface area contributed by atoms with Gasteiger partial charge in [0.15, 0.2) is 0 Å². The molecule has 0 atom stereocenters. The lowest BCUT2D eigenvalue weighted by Gasteiger charge is -2.07. The standard InChI is InChI=1S/C12H12Cl2N2/c1-2-3-8(7-15)12(16)10-6-9(13)4-5-11(10)14/h4-6H,2-3,16H2,1H3/b12-8-. The van der Waals surface area contributed by atoms with Crippen LogP contribution in [-0.4, -0.2) is 0 Å². The summed E-state index contributed by atoms with van der Waals surface area (Å²) in [5.41, 5.74) is 7.51. The van der Waals surface area contributed by atoms with E-state index in [0.717, 1.165) is 6.42 Å². The zero-order valence-corrected chi connectivity index (χ0v) is 10.4. The smallest absolute Gasteiger partial charge is 0.0968 e. The summed E-state index contributed by atoms with van der Waals surface area (Å²) in [5.74, 6) is 0. The van der Waals surface area contributed by atoms with Crippen LogP contribution < -0.4 is 5.73 Å². The van der Waals surface area contributed by atoms with E-state index >= 15 is 0 Å². The van der Waals surface area contributed by atoms with Crippen molar-refractivity contribution < 1.29 is 0 Å². The molecule has 2 nitrogen and oxygen atoms in total. The molecular formula is C12H12Cl2N2. The van der Waals surface area contributed by atoms with Gasteiger partial charge in [-0.1, -0.05) is 36.5 Å². The molecule has 0 spiro atoms. The fraction of sp³-hybridized carbons (Fsp3) is 0.250. The second kappa shape index (κ2) is 5.79. The molecule has 0 aliphatic heterocycles. The molecule has 0 fully saturated rings. The molecular weight excluding hydrogens is 243 g/mol. The minimum absolute atomic E-state index is 0.414. The first-order valence-electron chi connectivity index (χ1n) is 4.94. The summed E-state index contributed by atoms with van der Waals surface area (Å²) >= 11 is 11.9. The Morgan fingerprint density at radius 2 is 2.12 bits per heavy atom. The van der Waals surface area contributed by atoms with Crippen LogP contribution in [0, 0.1) is 11.3 Å². The first-order chi connectivity index (χ1) is 7.60. The van der Waals surface area contributed by atoms with Crippen molar-refractivity contribution in [2.45, 2.75) is 19.8 Å². The van der Waals surface area contributed by atoms with Gasteiger partial charge in [0.05, 0.1) is 17.3 Å². The molecule has 0 aliphatic carbocycles. The molecule has 0 aromatic heterocycles. The van der Waals surface area contributed by atoms with Crippen LogP contribution in [0.25, 0.3) is 5.70 Å². The molecule has 4 heteroatoms. The highest BCUT2D eigenvalue weighted by Gasteiger charge is 2.09. The Morgan fingerprint density at radius 3 is 2.69 bits per heavy atom. The molecule has 0 aliphatic rings. The number of nitrogens with zero attached hydrogens (tertiary/aromatic N) is 1. The third kappa shape index (κ3) is 2.91. The lowest BCUT2D eigenvalue weighted by atomic mass is 10.0. The van der Waals surface area contributed by atoms with Crippen molar-refractivity contribution >= 4 is 28.9 Å². The molecule has 0 unspecified atom stereocenters. The van der Waals surface area contributed by atoms with Gasteiger partial charge in [-0.05, 0) is 24.6 Å². The Hall–Kier alpha value is -1.17. The zero-order valence-electron chi connectivity index (χ0n) is 8.93. The van der Waals surface area contributed by atoms with E-state index in [1.165, 1.54) is 0 Å². The summed E-state index contributed by atoms with van der Waals surface area (Å²) in [6.45, 7) is 1.99. The predicted octanol–water partition coefficient (Wildman–Crippen LogP) is 3.99. The van der Waals surface area contributed by atoms with E-state index in [1.807, 2.05) is 6.92 Å². The third-order valence-corrected chi connectivity index (χ3v) is 2.74. The van der Waals surface area contributed by atoms with Crippen molar-refractivity contribution in [3.05, 3.63) is 39.4 Å². The van der Waals surface area contributed by atoms with Crippen LogP contribution in [0.4, 0.5) is 0 Å². The van der Waals surface area contributed by atoms with Crippen LogP contribution >= 0.6 is 23.2 Å². The van der Waals surface area contributed by atoms with E-state index in [4.69, 9.17) is 34.2 Å². The van der Waals surface area contributed by atoms with Gasteiger partial charge in [0.25, 0.3) is 0 Å².